The van der Waals surface area contributed by atoms with Crippen LogP contribution in [0.15, 0.2) is 53.5 Å². The number of ether oxygens (including phenoxy) is 3. The number of anilines is 1. The van der Waals surface area contributed by atoms with Crippen molar-refractivity contribution >= 4 is 11.6 Å². The zero-order valence-corrected chi connectivity index (χ0v) is 19.2. The molecule has 0 aromatic heterocycles. The normalized spacial score (nSPS) is 23.3. The summed E-state index contributed by atoms with van der Waals surface area (Å²) in [6, 6.07) is 16.8. The van der Waals surface area contributed by atoms with Crippen molar-refractivity contribution in [2.75, 3.05) is 52.4 Å². The Morgan fingerprint density at radius 2 is 1.84 bits per heavy atom. The smallest absolute Gasteiger partial charge is 0.191 e. The van der Waals surface area contributed by atoms with Crippen LogP contribution in [0, 0.1) is 5.92 Å². The van der Waals surface area contributed by atoms with Crippen molar-refractivity contribution in [1.82, 2.24) is 10.6 Å². The van der Waals surface area contributed by atoms with Gasteiger partial charge in [-0.2, -0.15) is 0 Å². The average Bonchev–Trinajstić information content (AvgIpc) is 3.51. The minimum absolute atomic E-state index is 0.145. The molecule has 4 rings (SSSR count). The van der Waals surface area contributed by atoms with Gasteiger partial charge in [-0.15, -0.1) is 0 Å². The van der Waals surface area contributed by atoms with Crippen molar-refractivity contribution in [1.29, 1.82) is 0 Å². The second-order valence-electron chi connectivity index (χ2n) is 8.35. The summed E-state index contributed by atoms with van der Waals surface area (Å²) in [5.41, 5.74) is 2.36. The number of benzene rings is 2. The van der Waals surface area contributed by atoms with Gasteiger partial charge in [0.1, 0.15) is 11.5 Å². The molecule has 0 spiro atoms. The molecule has 32 heavy (non-hydrogen) atoms. The van der Waals surface area contributed by atoms with Crippen molar-refractivity contribution in [3.63, 3.8) is 0 Å². The van der Waals surface area contributed by atoms with Crippen molar-refractivity contribution in [2.45, 2.75) is 25.0 Å². The second-order valence-corrected chi connectivity index (χ2v) is 8.35. The van der Waals surface area contributed by atoms with E-state index in [2.05, 4.69) is 56.9 Å². The topological polar surface area (TPSA) is 67.4 Å². The number of hydrogen-bond donors (Lipinski definition) is 2. The highest BCUT2D eigenvalue weighted by Crippen LogP contribution is 2.34. The van der Waals surface area contributed by atoms with Crippen LogP contribution >= 0.6 is 0 Å². The molecule has 2 aliphatic rings. The fraction of sp³-hybridized carbons (Fsp3) is 0.480. The Morgan fingerprint density at radius 1 is 1.09 bits per heavy atom. The third kappa shape index (κ3) is 5.27. The number of nitrogens with one attached hydrogen (secondary N) is 2. The summed E-state index contributed by atoms with van der Waals surface area (Å²) in [6.45, 7) is 3.51. The molecule has 0 radical (unpaired) electrons. The summed E-state index contributed by atoms with van der Waals surface area (Å²) in [7, 11) is 5.19. The first-order valence-corrected chi connectivity index (χ1v) is 11.3. The van der Waals surface area contributed by atoms with E-state index in [4.69, 9.17) is 14.2 Å². The fourth-order valence-corrected chi connectivity index (χ4v) is 4.56. The maximum Gasteiger partial charge on any atom is 0.191 e. The van der Waals surface area contributed by atoms with Crippen LogP contribution < -0.4 is 25.0 Å². The highest BCUT2D eigenvalue weighted by Gasteiger charge is 2.30. The molecule has 3 atom stereocenters. The van der Waals surface area contributed by atoms with E-state index in [1.54, 1.807) is 14.2 Å². The van der Waals surface area contributed by atoms with E-state index >= 15 is 0 Å². The lowest BCUT2D eigenvalue weighted by atomic mass is 9.95. The predicted octanol–water partition coefficient (Wildman–Crippen LogP) is 3.23. The average molecular weight is 439 g/mol. The molecular formula is C25H34N4O3. The lowest BCUT2D eigenvalue weighted by molar-refractivity contribution is 0.0915. The van der Waals surface area contributed by atoms with Crippen LogP contribution in [0.4, 0.5) is 5.69 Å². The lowest BCUT2D eigenvalue weighted by Gasteiger charge is -2.23. The molecule has 2 saturated heterocycles. The Bertz CT molecular complexity index is 883. The Morgan fingerprint density at radius 3 is 2.53 bits per heavy atom. The minimum atomic E-state index is 0.145. The minimum Gasteiger partial charge on any atom is -0.497 e. The van der Waals surface area contributed by atoms with Crippen LogP contribution in [0.1, 0.15) is 24.5 Å². The molecule has 3 unspecified atom stereocenters. The highest BCUT2D eigenvalue weighted by molar-refractivity contribution is 5.80. The molecule has 2 aromatic carbocycles. The van der Waals surface area contributed by atoms with Gasteiger partial charge < -0.3 is 29.7 Å². The monoisotopic (exact) mass is 438 g/mol. The van der Waals surface area contributed by atoms with Crippen LogP contribution in [0.5, 0.6) is 11.5 Å². The van der Waals surface area contributed by atoms with Crippen LogP contribution in [0.2, 0.25) is 0 Å². The van der Waals surface area contributed by atoms with Crippen molar-refractivity contribution < 1.29 is 14.2 Å². The number of nitrogens with zero attached hydrogens (tertiary/aromatic N) is 2. The summed E-state index contributed by atoms with van der Waals surface area (Å²) in [5, 5.41) is 7.12. The van der Waals surface area contributed by atoms with E-state index in [1.165, 1.54) is 5.56 Å². The number of rotatable bonds is 7. The van der Waals surface area contributed by atoms with E-state index in [0.717, 1.165) is 62.2 Å². The van der Waals surface area contributed by atoms with Crippen LogP contribution in [0.25, 0.3) is 0 Å². The molecule has 0 amide bonds. The van der Waals surface area contributed by atoms with E-state index in [-0.39, 0.29) is 6.10 Å². The van der Waals surface area contributed by atoms with Crippen molar-refractivity contribution in [2.24, 2.45) is 10.9 Å². The molecule has 0 bridgehead atoms. The van der Waals surface area contributed by atoms with Gasteiger partial charge in [-0.3, -0.25) is 4.99 Å². The van der Waals surface area contributed by atoms with Crippen LogP contribution in [-0.4, -0.2) is 59.5 Å². The Hall–Kier alpha value is -2.93. The van der Waals surface area contributed by atoms with Gasteiger partial charge in [0.15, 0.2) is 5.96 Å². The van der Waals surface area contributed by atoms with Crippen LogP contribution in [0.3, 0.4) is 0 Å². The summed E-state index contributed by atoms with van der Waals surface area (Å²) in [4.78, 5) is 6.81. The molecule has 2 aromatic rings. The van der Waals surface area contributed by atoms with Gasteiger partial charge in [0.05, 0.1) is 20.3 Å². The molecule has 2 aliphatic heterocycles. The Labute approximate surface area is 190 Å². The third-order valence-corrected chi connectivity index (χ3v) is 6.33. The Kier molecular flexibility index (Phi) is 7.37. The molecule has 0 aliphatic carbocycles. The van der Waals surface area contributed by atoms with Gasteiger partial charge in [0, 0.05) is 69.1 Å². The zero-order valence-electron chi connectivity index (χ0n) is 19.2. The maximum absolute atomic E-state index is 6.02. The zero-order chi connectivity index (χ0) is 22.3. The maximum atomic E-state index is 6.02. The van der Waals surface area contributed by atoms with Crippen molar-refractivity contribution in [3.05, 3.63) is 54.1 Å². The molecule has 0 saturated carbocycles. The molecule has 7 heteroatoms. The first kappa shape index (κ1) is 22.3. The Balaban J connectivity index is 1.31. The summed E-state index contributed by atoms with van der Waals surface area (Å²) in [6.07, 6.45) is 2.24. The van der Waals surface area contributed by atoms with Gasteiger partial charge in [-0.05, 0) is 18.4 Å². The fourth-order valence-electron chi connectivity index (χ4n) is 4.56. The lowest BCUT2D eigenvalue weighted by Crippen LogP contribution is -2.46. The third-order valence-electron chi connectivity index (χ3n) is 6.33. The molecule has 7 nitrogen and oxygen atoms in total. The van der Waals surface area contributed by atoms with E-state index < -0.39 is 0 Å². The van der Waals surface area contributed by atoms with Gasteiger partial charge in [0.25, 0.3) is 0 Å². The number of methoxy groups -OCH3 is 2. The summed E-state index contributed by atoms with van der Waals surface area (Å²) in [5.74, 6) is 2.89. The molecule has 172 valence electrons. The molecular weight excluding hydrogens is 404 g/mol. The second kappa shape index (κ2) is 10.6. The van der Waals surface area contributed by atoms with Crippen LogP contribution in [-0.2, 0) is 4.74 Å². The number of aliphatic imine (C=N–C) groups is 1. The van der Waals surface area contributed by atoms with E-state index in [9.17, 15) is 0 Å². The molecule has 2 fully saturated rings. The SMILES string of the molecule is CN=C(NCC1CCOC1c1ccccc1)NC1CCN(c2cc(OC)cc(OC)c2)C1. The van der Waals surface area contributed by atoms with Gasteiger partial charge >= 0.3 is 0 Å². The predicted molar refractivity (Wildman–Crippen MR) is 128 cm³/mol. The summed E-state index contributed by atoms with van der Waals surface area (Å²) < 4.78 is 16.9. The first-order chi connectivity index (χ1) is 15.7. The highest BCUT2D eigenvalue weighted by atomic mass is 16.5. The molecule has 2 heterocycles. The largest absolute Gasteiger partial charge is 0.497 e. The van der Waals surface area contributed by atoms with Gasteiger partial charge in [0.2, 0.25) is 0 Å². The van der Waals surface area contributed by atoms with E-state index in [0.29, 0.717) is 12.0 Å². The van der Waals surface area contributed by atoms with Crippen molar-refractivity contribution in [3.8, 4) is 11.5 Å². The summed E-state index contributed by atoms with van der Waals surface area (Å²) >= 11 is 0. The quantitative estimate of drug-likeness (QED) is 0.511. The van der Waals surface area contributed by atoms with Gasteiger partial charge in [-0.25, -0.2) is 0 Å². The van der Waals surface area contributed by atoms with Gasteiger partial charge in [-0.1, -0.05) is 30.3 Å². The first-order valence-electron chi connectivity index (χ1n) is 11.3. The number of guanidine groups is 1. The standard InChI is InChI=1S/C25H34N4O3/c1-26-25(27-16-19-10-12-32-24(19)18-7-5-4-6-8-18)28-20-9-11-29(17-20)21-13-22(30-2)15-23(14-21)31-3/h4-8,13-15,19-20,24H,9-12,16-17H2,1-3H3,(H2,26,27,28). The number of hydrogen-bond acceptors (Lipinski definition) is 5. The molecule has 2 N–H and O–H groups in total. The van der Waals surface area contributed by atoms with E-state index in [1.807, 2.05) is 19.2 Å².